The van der Waals surface area contributed by atoms with Gasteiger partial charge in [-0.1, -0.05) is 29.8 Å². The molecule has 0 bridgehead atoms. The van der Waals surface area contributed by atoms with Crippen molar-refractivity contribution in [3.8, 4) is 28.8 Å². The van der Waals surface area contributed by atoms with Crippen LogP contribution in [0.2, 0.25) is 5.02 Å². The molecule has 1 aromatic carbocycles. The second-order valence-electron chi connectivity index (χ2n) is 7.87. The van der Waals surface area contributed by atoms with Gasteiger partial charge in [0.1, 0.15) is 17.5 Å². The first kappa shape index (κ1) is 24.3. The van der Waals surface area contributed by atoms with Gasteiger partial charge in [0.05, 0.1) is 38.5 Å². The topological polar surface area (TPSA) is 111 Å². The maximum Gasteiger partial charge on any atom is 0.326 e. The molecule has 10 heteroatoms. The molecule has 1 fully saturated rings. The molecule has 2 aromatic heterocycles. The predicted molar refractivity (Wildman–Crippen MR) is 128 cm³/mol. The van der Waals surface area contributed by atoms with Gasteiger partial charge in [0.2, 0.25) is 11.8 Å². The van der Waals surface area contributed by atoms with Crippen LogP contribution in [0.4, 0.5) is 0 Å². The molecule has 0 unspecified atom stereocenters. The van der Waals surface area contributed by atoms with Crippen molar-refractivity contribution in [3.63, 3.8) is 0 Å². The Bertz CT molecular complexity index is 1270. The van der Waals surface area contributed by atoms with Gasteiger partial charge in [-0.25, -0.2) is 4.79 Å². The van der Waals surface area contributed by atoms with Gasteiger partial charge >= 0.3 is 5.97 Å². The van der Waals surface area contributed by atoms with Gasteiger partial charge in [-0.2, -0.15) is 4.98 Å². The Morgan fingerprint density at radius 1 is 1.06 bits per heavy atom. The summed E-state index contributed by atoms with van der Waals surface area (Å²) in [5.41, 5.74) is 1.85. The second-order valence-corrected chi connectivity index (χ2v) is 8.27. The van der Waals surface area contributed by atoms with E-state index in [0.717, 1.165) is 0 Å². The Hall–Kier alpha value is -3.85. The Labute approximate surface area is 207 Å². The van der Waals surface area contributed by atoms with Crippen LogP contribution in [0, 0.1) is 0 Å². The van der Waals surface area contributed by atoms with Crippen LogP contribution in [-0.4, -0.2) is 59.2 Å². The number of benzene rings is 1. The molecule has 35 heavy (non-hydrogen) atoms. The van der Waals surface area contributed by atoms with Crippen LogP contribution in [0.3, 0.4) is 0 Å². The lowest BCUT2D eigenvalue weighted by Crippen LogP contribution is -2.42. The number of carbonyl (C=O) groups excluding carboxylic acids is 1. The molecule has 3 heterocycles. The summed E-state index contributed by atoms with van der Waals surface area (Å²) < 4.78 is 16.1. The number of halogens is 1. The van der Waals surface area contributed by atoms with Gasteiger partial charge in [0.15, 0.2) is 0 Å². The molecule has 0 radical (unpaired) electrons. The van der Waals surface area contributed by atoms with Crippen molar-refractivity contribution in [1.29, 1.82) is 0 Å². The largest absolute Gasteiger partial charge is 0.494 e. The van der Waals surface area contributed by atoms with Crippen molar-refractivity contribution < 1.29 is 28.9 Å². The van der Waals surface area contributed by atoms with Gasteiger partial charge in [-0.05, 0) is 36.6 Å². The van der Waals surface area contributed by atoms with E-state index in [1.54, 1.807) is 24.3 Å². The number of hydrogen-bond donors (Lipinski definition) is 1. The van der Waals surface area contributed by atoms with Gasteiger partial charge in [-0.15, -0.1) is 0 Å². The minimum atomic E-state index is -1.07. The first-order chi connectivity index (χ1) is 16.9. The molecule has 2 atom stereocenters. The molecule has 1 saturated heterocycles. The first-order valence-electron chi connectivity index (χ1n) is 10.8. The molecule has 0 aliphatic carbocycles. The molecule has 1 amide bonds. The number of amides is 1. The van der Waals surface area contributed by atoms with Gasteiger partial charge < -0.3 is 24.2 Å². The third-order valence-electron chi connectivity index (χ3n) is 5.98. The molecule has 1 aliphatic heterocycles. The minimum Gasteiger partial charge on any atom is -0.494 e. The minimum absolute atomic E-state index is 0.191. The normalized spacial score (nSPS) is 17.2. The summed E-state index contributed by atoms with van der Waals surface area (Å²) in [6.07, 6.45) is 2.18. The molecule has 4 rings (SSSR count). The predicted octanol–water partition coefficient (Wildman–Crippen LogP) is 4.25. The lowest BCUT2D eigenvalue weighted by Gasteiger charge is -2.29. The molecule has 3 aromatic rings. The highest BCUT2D eigenvalue weighted by atomic mass is 35.5. The van der Waals surface area contributed by atoms with Crippen molar-refractivity contribution in [2.45, 2.75) is 24.9 Å². The van der Waals surface area contributed by atoms with E-state index in [1.807, 2.05) is 12.1 Å². The van der Waals surface area contributed by atoms with Crippen LogP contribution in [0.25, 0.3) is 11.3 Å². The maximum atomic E-state index is 13.6. The number of likely N-dealkylation sites (tertiary alicyclic amines) is 1. The number of ether oxygens (including phenoxy) is 3. The van der Waals surface area contributed by atoms with Crippen LogP contribution in [0.15, 0.2) is 48.7 Å². The summed E-state index contributed by atoms with van der Waals surface area (Å²) in [6, 6.07) is 10.6. The van der Waals surface area contributed by atoms with Crippen LogP contribution in [-0.2, 0) is 4.79 Å². The fraction of sp³-hybridized carbons (Fsp3) is 0.280. The highest BCUT2D eigenvalue weighted by Gasteiger charge is 2.42. The molecule has 9 nitrogen and oxygen atoms in total. The Morgan fingerprint density at radius 3 is 2.49 bits per heavy atom. The number of carboxylic acids is 1. The number of carboxylic acid groups (broad SMARTS) is 1. The van der Waals surface area contributed by atoms with Crippen molar-refractivity contribution in [2.75, 3.05) is 21.3 Å². The van der Waals surface area contributed by atoms with E-state index < -0.39 is 24.0 Å². The molecular formula is C25H24ClN3O6. The zero-order valence-corrected chi connectivity index (χ0v) is 20.2. The van der Waals surface area contributed by atoms with Crippen LogP contribution in [0.5, 0.6) is 17.5 Å². The highest BCUT2D eigenvalue weighted by molar-refractivity contribution is 6.31. The number of pyridine rings is 2. The summed E-state index contributed by atoms with van der Waals surface area (Å²) in [7, 11) is 4.43. The fourth-order valence-corrected chi connectivity index (χ4v) is 4.59. The van der Waals surface area contributed by atoms with Crippen LogP contribution < -0.4 is 14.2 Å². The lowest BCUT2D eigenvalue weighted by atomic mass is 10.0. The van der Waals surface area contributed by atoms with Crippen molar-refractivity contribution in [2.24, 2.45) is 0 Å². The SMILES string of the molecule is COc1ccc(-c2ncc(C(=O)N3[C@@H](c4ccccc4Cl)CC[C@H]3C(=O)O)cc2OC)c(OC)n1. The standard InChI is InChI=1S/C25H24ClN3O6/c1-33-20-12-14(13-27-22(20)16-8-11-21(34-2)28-23(16)35-3)24(30)29-18(9-10-19(29)25(31)32)15-6-4-5-7-17(15)26/h4-8,11-13,18-19H,9-10H2,1-3H3,(H,31,32)/t18-,19+/m1/s1. The monoisotopic (exact) mass is 497 g/mol. The first-order valence-corrected chi connectivity index (χ1v) is 11.2. The summed E-state index contributed by atoms with van der Waals surface area (Å²) in [5.74, 6) is -0.591. The Kier molecular flexibility index (Phi) is 7.07. The number of rotatable bonds is 7. The average Bonchev–Trinajstić information content (AvgIpc) is 3.33. The highest BCUT2D eigenvalue weighted by Crippen LogP contribution is 2.41. The maximum absolute atomic E-state index is 13.6. The molecule has 0 spiro atoms. The van der Waals surface area contributed by atoms with E-state index in [0.29, 0.717) is 46.3 Å². The number of aliphatic carboxylic acids is 1. The summed E-state index contributed by atoms with van der Waals surface area (Å²) in [4.78, 5) is 35.7. The molecule has 0 saturated carbocycles. The van der Waals surface area contributed by atoms with Crippen molar-refractivity contribution >= 4 is 23.5 Å². The third-order valence-corrected chi connectivity index (χ3v) is 6.33. The summed E-state index contributed by atoms with van der Waals surface area (Å²) in [5, 5.41) is 10.3. The van der Waals surface area contributed by atoms with Crippen LogP contribution in [0.1, 0.15) is 34.8 Å². The number of carbonyl (C=O) groups is 2. The van der Waals surface area contributed by atoms with Gasteiger partial charge in [-0.3, -0.25) is 9.78 Å². The molecular weight excluding hydrogens is 474 g/mol. The Morgan fingerprint density at radius 2 is 1.83 bits per heavy atom. The number of nitrogens with zero attached hydrogens (tertiary/aromatic N) is 3. The lowest BCUT2D eigenvalue weighted by molar-refractivity contribution is -0.141. The zero-order chi connectivity index (χ0) is 25.1. The quantitative estimate of drug-likeness (QED) is 0.515. The van der Waals surface area contributed by atoms with E-state index in [9.17, 15) is 14.7 Å². The van der Waals surface area contributed by atoms with E-state index in [-0.39, 0.29) is 11.4 Å². The summed E-state index contributed by atoms with van der Waals surface area (Å²) in [6.45, 7) is 0. The number of methoxy groups -OCH3 is 3. The molecule has 1 aliphatic rings. The number of hydrogen-bond acceptors (Lipinski definition) is 7. The second kappa shape index (κ2) is 10.2. The van der Waals surface area contributed by atoms with Gasteiger partial charge in [0.25, 0.3) is 5.91 Å². The van der Waals surface area contributed by atoms with E-state index in [2.05, 4.69) is 9.97 Å². The third kappa shape index (κ3) is 4.59. The number of aromatic nitrogens is 2. The van der Waals surface area contributed by atoms with E-state index in [1.165, 1.54) is 38.5 Å². The van der Waals surface area contributed by atoms with Crippen molar-refractivity contribution in [3.05, 3.63) is 64.8 Å². The van der Waals surface area contributed by atoms with Gasteiger partial charge in [0, 0.05) is 17.3 Å². The van der Waals surface area contributed by atoms with E-state index >= 15 is 0 Å². The molecule has 182 valence electrons. The fourth-order valence-electron chi connectivity index (χ4n) is 4.33. The smallest absolute Gasteiger partial charge is 0.326 e. The Balaban J connectivity index is 1.74. The van der Waals surface area contributed by atoms with Crippen molar-refractivity contribution in [1.82, 2.24) is 14.9 Å². The molecule has 1 N–H and O–H groups in total. The van der Waals surface area contributed by atoms with Crippen LogP contribution >= 0.6 is 11.6 Å². The zero-order valence-electron chi connectivity index (χ0n) is 19.4. The average molecular weight is 498 g/mol. The summed E-state index contributed by atoms with van der Waals surface area (Å²) >= 11 is 6.39. The van der Waals surface area contributed by atoms with E-state index in [4.69, 9.17) is 25.8 Å².